The molecular formula is C17H19NO. The van der Waals surface area contributed by atoms with Crippen LogP contribution in [-0.2, 0) is 12.8 Å². The van der Waals surface area contributed by atoms with Crippen molar-refractivity contribution in [2.24, 2.45) is 0 Å². The third-order valence-corrected chi connectivity index (χ3v) is 3.83. The minimum atomic E-state index is 0.722. The van der Waals surface area contributed by atoms with E-state index in [0.717, 1.165) is 29.2 Å². The lowest BCUT2D eigenvalue weighted by atomic mass is 9.92. The summed E-state index contributed by atoms with van der Waals surface area (Å²) in [7, 11) is 0. The van der Waals surface area contributed by atoms with Gasteiger partial charge >= 0.3 is 0 Å². The Hall–Kier alpha value is -1.96. The van der Waals surface area contributed by atoms with E-state index in [2.05, 4.69) is 12.1 Å². The lowest BCUT2D eigenvalue weighted by Gasteiger charge is -2.17. The third-order valence-electron chi connectivity index (χ3n) is 3.83. The number of benzene rings is 2. The molecule has 2 N–H and O–H groups in total. The summed E-state index contributed by atoms with van der Waals surface area (Å²) < 4.78 is 5.93. The molecule has 3 rings (SSSR count). The maximum Gasteiger partial charge on any atom is 0.150 e. The minimum absolute atomic E-state index is 0.722. The number of hydrogen-bond acceptors (Lipinski definition) is 2. The van der Waals surface area contributed by atoms with Gasteiger partial charge in [0, 0.05) is 0 Å². The monoisotopic (exact) mass is 253 g/mol. The summed E-state index contributed by atoms with van der Waals surface area (Å²) in [5, 5.41) is 0. The largest absolute Gasteiger partial charge is 0.455 e. The fraction of sp³-hybridized carbons (Fsp3) is 0.294. The van der Waals surface area contributed by atoms with Gasteiger partial charge < -0.3 is 10.5 Å². The van der Waals surface area contributed by atoms with Gasteiger partial charge in [-0.25, -0.2) is 0 Å². The Morgan fingerprint density at radius 3 is 2.63 bits per heavy atom. The van der Waals surface area contributed by atoms with Crippen LogP contribution in [0.2, 0.25) is 0 Å². The second kappa shape index (κ2) is 4.96. The van der Waals surface area contributed by atoms with Crippen molar-refractivity contribution in [2.45, 2.75) is 32.6 Å². The van der Waals surface area contributed by atoms with Gasteiger partial charge in [0.1, 0.15) is 5.75 Å². The SMILES string of the molecule is Cc1cccc(Oc2ccc3c(c2)CCCC3)c1N. The molecule has 0 spiro atoms. The zero-order valence-electron chi connectivity index (χ0n) is 11.3. The topological polar surface area (TPSA) is 35.2 Å². The molecule has 1 aliphatic rings. The van der Waals surface area contributed by atoms with Gasteiger partial charge in [-0.05, 0) is 67.5 Å². The first-order chi connectivity index (χ1) is 9.24. The molecule has 0 aliphatic heterocycles. The summed E-state index contributed by atoms with van der Waals surface area (Å²) in [4.78, 5) is 0. The van der Waals surface area contributed by atoms with Crippen molar-refractivity contribution in [1.82, 2.24) is 0 Å². The minimum Gasteiger partial charge on any atom is -0.455 e. The number of hydrogen-bond donors (Lipinski definition) is 1. The van der Waals surface area contributed by atoms with Crippen molar-refractivity contribution in [2.75, 3.05) is 5.73 Å². The van der Waals surface area contributed by atoms with Gasteiger partial charge in [0.2, 0.25) is 0 Å². The first kappa shape index (κ1) is 12.1. The fourth-order valence-corrected chi connectivity index (χ4v) is 2.64. The zero-order chi connectivity index (χ0) is 13.2. The van der Waals surface area contributed by atoms with E-state index < -0.39 is 0 Å². The molecule has 2 aromatic carbocycles. The zero-order valence-corrected chi connectivity index (χ0v) is 11.3. The Balaban J connectivity index is 1.89. The van der Waals surface area contributed by atoms with Gasteiger partial charge in [0.25, 0.3) is 0 Å². The van der Waals surface area contributed by atoms with Gasteiger partial charge in [0.15, 0.2) is 5.75 Å². The average Bonchev–Trinajstić information content (AvgIpc) is 2.44. The molecule has 2 nitrogen and oxygen atoms in total. The van der Waals surface area contributed by atoms with Crippen LogP contribution in [0.25, 0.3) is 0 Å². The predicted molar refractivity (Wildman–Crippen MR) is 78.7 cm³/mol. The number of ether oxygens (including phenoxy) is 1. The van der Waals surface area contributed by atoms with E-state index in [4.69, 9.17) is 10.5 Å². The Bertz CT molecular complexity index is 604. The van der Waals surface area contributed by atoms with E-state index in [1.54, 1.807) is 0 Å². The van der Waals surface area contributed by atoms with Gasteiger partial charge in [-0.1, -0.05) is 18.2 Å². The summed E-state index contributed by atoms with van der Waals surface area (Å²) >= 11 is 0. The normalized spacial score (nSPS) is 13.9. The van der Waals surface area contributed by atoms with Crippen molar-refractivity contribution < 1.29 is 4.74 Å². The van der Waals surface area contributed by atoms with Gasteiger partial charge in [-0.3, -0.25) is 0 Å². The molecule has 0 amide bonds. The Morgan fingerprint density at radius 1 is 1.00 bits per heavy atom. The number of para-hydroxylation sites is 1. The predicted octanol–water partition coefficient (Wildman–Crippen LogP) is 4.25. The van der Waals surface area contributed by atoms with Crippen molar-refractivity contribution in [3.05, 3.63) is 53.1 Å². The maximum absolute atomic E-state index is 6.04. The highest BCUT2D eigenvalue weighted by Crippen LogP contribution is 2.32. The van der Waals surface area contributed by atoms with Crippen molar-refractivity contribution in [3.63, 3.8) is 0 Å². The summed E-state index contributed by atoms with van der Waals surface area (Å²) in [6.45, 7) is 2.00. The summed E-state index contributed by atoms with van der Waals surface area (Å²) in [6.07, 6.45) is 4.94. The lowest BCUT2D eigenvalue weighted by Crippen LogP contribution is -2.02. The molecule has 98 valence electrons. The van der Waals surface area contributed by atoms with E-state index in [-0.39, 0.29) is 0 Å². The number of aryl methyl sites for hydroxylation is 3. The Kier molecular flexibility index (Phi) is 3.16. The van der Waals surface area contributed by atoms with Crippen LogP contribution in [0.15, 0.2) is 36.4 Å². The number of rotatable bonds is 2. The number of anilines is 1. The van der Waals surface area contributed by atoms with E-state index in [1.807, 2.05) is 31.2 Å². The molecule has 0 aromatic heterocycles. The van der Waals surface area contributed by atoms with E-state index >= 15 is 0 Å². The van der Waals surface area contributed by atoms with Crippen LogP contribution in [0, 0.1) is 6.92 Å². The molecule has 0 bridgehead atoms. The summed E-state index contributed by atoms with van der Waals surface area (Å²) in [5.74, 6) is 1.63. The highest BCUT2D eigenvalue weighted by Gasteiger charge is 2.11. The molecule has 0 saturated carbocycles. The molecular weight excluding hydrogens is 234 g/mol. The van der Waals surface area contributed by atoms with Crippen LogP contribution in [0.4, 0.5) is 5.69 Å². The molecule has 0 radical (unpaired) electrons. The Morgan fingerprint density at radius 2 is 1.79 bits per heavy atom. The van der Waals surface area contributed by atoms with E-state index in [0.29, 0.717) is 0 Å². The Labute approximate surface area is 114 Å². The molecule has 0 unspecified atom stereocenters. The first-order valence-corrected chi connectivity index (χ1v) is 6.89. The molecule has 19 heavy (non-hydrogen) atoms. The second-order valence-electron chi connectivity index (χ2n) is 5.23. The quantitative estimate of drug-likeness (QED) is 0.812. The van der Waals surface area contributed by atoms with Gasteiger partial charge in [0.05, 0.1) is 5.69 Å². The van der Waals surface area contributed by atoms with Crippen LogP contribution in [0.5, 0.6) is 11.5 Å². The van der Waals surface area contributed by atoms with Crippen molar-refractivity contribution in [1.29, 1.82) is 0 Å². The smallest absolute Gasteiger partial charge is 0.150 e. The molecule has 0 fully saturated rings. The molecule has 0 atom stereocenters. The fourth-order valence-electron chi connectivity index (χ4n) is 2.64. The third kappa shape index (κ3) is 2.43. The van der Waals surface area contributed by atoms with E-state index in [9.17, 15) is 0 Å². The summed E-state index contributed by atoms with van der Waals surface area (Å²) in [5.41, 5.74) is 10.7. The van der Waals surface area contributed by atoms with Gasteiger partial charge in [-0.15, -0.1) is 0 Å². The molecule has 1 aliphatic carbocycles. The molecule has 0 heterocycles. The highest BCUT2D eigenvalue weighted by molar-refractivity contribution is 5.59. The number of nitrogens with two attached hydrogens (primary N) is 1. The second-order valence-corrected chi connectivity index (χ2v) is 5.23. The van der Waals surface area contributed by atoms with Crippen LogP contribution in [-0.4, -0.2) is 0 Å². The highest BCUT2D eigenvalue weighted by atomic mass is 16.5. The standard InChI is InChI=1S/C17H19NO/c1-12-5-4-8-16(17(12)18)19-15-10-9-13-6-2-3-7-14(13)11-15/h4-5,8-11H,2-3,6-7,18H2,1H3. The molecule has 2 aromatic rings. The van der Waals surface area contributed by atoms with Crippen LogP contribution < -0.4 is 10.5 Å². The molecule has 2 heteroatoms. The van der Waals surface area contributed by atoms with E-state index in [1.165, 1.54) is 30.4 Å². The van der Waals surface area contributed by atoms with Crippen LogP contribution >= 0.6 is 0 Å². The van der Waals surface area contributed by atoms with Crippen LogP contribution in [0.1, 0.15) is 29.5 Å². The van der Waals surface area contributed by atoms with Crippen LogP contribution in [0.3, 0.4) is 0 Å². The van der Waals surface area contributed by atoms with Crippen molar-refractivity contribution in [3.8, 4) is 11.5 Å². The van der Waals surface area contributed by atoms with Crippen molar-refractivity contribution >= 4 is 5.69 Å². The molecule has 0 saturated heterocycles. The average molecular weight is 253 g/mol. The number of fused-ring (bicyclic) bond motifs is 1. The summed E-state index contributed by atoms with van der Waals surface area (Å²) in [6, 6.07) is 12.3. The first-order valence-electron chi connectivity index (χ1n) is 6.89. The van der Waals surface area contributed by atoms with Gasteiger partial charge in [-0.2, -0.15) is 0 Å². The maximum atomic E-state index is 6.04. The lowest BCUT2D eigenvalue weighted by molar-refractivity contribution is 0.483. The number of nitrogen functional groups attached to an aromatic ring is 1.